The van der Waals surface area contributed by atoms with E-state index in [0.29, 0.717) is 0 Å². The third kappa shape index (κ3) is 1.53. The van der Waals surface area contributed by atoms with E-state index in [-0.39, 0.29) is 5.41 Å². The van der Waals surface area contributed by atoms with Crippen molar-refractivity contribution in [3.05, 3.63) is 35.4 Å². The lowest BCUT2D eigenvalue weighted by atomic mass is 9.65. The molecule has 1 unspecified atom stereocenters. The zero-order valence-electron chi connectivity index (χ0n) is 10.2. The molecule has 3 rings (SSSR count). The van der Waals surface area contributed by atoms with Crippen LogP contribution in [-0.2, 0) is 11.1 Å². The summed E-state index contributed by atoms with van der Waals surface area (Å²) in [6.45, 7) is 3.01. The van der Waals surface area contributed by atoms with E-state index in [9.17, 15) is 0 Å². The van der Waals surface area contributed by atoms with E-state index in [4.69, 9.17) is 11.5 Å². The average molecular weight is 229 g/mol. The van der Waals surface area contributed by atoms with Crippen molar-refractivity contribution >= 4 is 5.71 Å². The lowest BCUT2D eigenvalue weighted by Gasteiger charge is -2.42. The van der Waals surface area contributed by atoms with Gasteiger partial charge in [0.2, 0.25) is 0 Å². The van der Waals surface area contributed by atoms with Crippen molar-refractivity contribution in [2.24, 2.45) is 16.5 Å². The molecule has 1 heterocycles. The third-order valence-electron chi connectivity index (χ3n) is 4.26. The highest BCUT2D eigenvalue weighted by Crippen LogP contribution is 2.46. The van der Waals surface area contributed by atoms with Crippen LogP contribution in [0.5, 0.6) is 0 Å². The number of fused-ring (bicyclic) bond motifs is 2. The van der Waals surface area contributed by atoms with E-state index >= 15 is 0 Å². The summed E-state index contributed by atoms with van der Waals surface area (Å²) >= 11 is 0. The van der Waals surface area contributed by atoms with Crippen molar-refractivity contribution in [3.8, 4) is 0 Å². The van der Waals surface area contributed by atoms with E-state index in [0.717, 1.165) is 31.4 Å². The number of nitrogens with two attached hydrogens (primary N) is 2. The highest BCUT2D eigenvalue weighted by atomic mass is 15.0. The van der Waals surface area contributed by atoms with Crippen molar-refractivity contribution in [3.63, 3.8) is 0 Å². The Balaban J connectivity index is 2.13. The average Bonchev–Trinajstić information content (AvgIpc) is 2.69. The van der Waals surface area contributed by atoms with E-state index in [1.807, 2.05) is 6.07 Å². The van der Waals surface area contributed by atoms with Crippen LogP contribution >= 0.6 is 0 Å². The minimum atomic E-state index is -0.668. The molecule has 1 aliphatic heterocycles. The lowest BCUT2D eigenvalue weighted by molar-refractivity contribution is 0.293. The van der Waals surface area contributed by atoms with Crippen LogP contribution in [-0.4, -0.2) is 12.3 Å². The van der Waals surface area contributed by atoms with E-state index < -0.39 is 5.66 Å². The summed E-state index contributed by atoms with van der Waals surface area (Å²) in [7, 11) is 0. The van der Waals surface area contributed by atoms with Gasteiger partial charge in [0.25, 0.3) is 0 Å². The summed E-state index contributed by atoms with van der Waals surface area (Å²) in [4.78, 5) is 4.59. The molecule has 90 valence electrons. The number of hydrogen-bond donors (Lipinski definition) is 2. The summed E-state index contributed by atoms with van der Waals surface area (Å²) in [5.74, 6) is 0. The number of aliphatic imine (C=N–C) groups is 1. The molecule has 1 spiro atoms. The molecule has 0 saturated heterocycles. The van der Waals surface area contributed by atoms with Crippen LogP contribution in [0.2, 0.25) is 0 Å². The Morgan fingerprint density at radius 1 is 1.12 bits per heavy atom. The summed E-state index contributed by atoms with van der Waals surface area (Å²) < 4.78 is 0. The molecule has 0 radical (unpaired) electrons. The van der Waals surface area contributed by atoms with Gasteiger partial charge in [0.15, 0.2) is 0 Å². The van der Waals surface area contributed by atoms with E-state index in [2.05, 4.69) is 30.1 Å². The minimum absolute atomic E-state index is 0.170. The molecule has 2 aliphatic rings. The zero-order valence-corrected chi connectivity index (χ0v) is 10.2. The Bertz CT molecular complexity index is 490. The Labute approximate surface area is 102 Å². The van der Waals surface area contributed by atoms with Gasteiger partial charge in [0.1, 0.15) is 0 Å². The molecular weight excluding hydrogens is 210 g/mol. The van der Waals surface area contributed by atoms with Crippen molar-refractivity contribution in [1.29, 1.82) is 0 Å². The van der Waals surface area contributed by atoms with Crippen molar-refractivity contribution in [1.82, 2.24) is 0 Å². The molecule has 3 nitrogen and oxygen atoms in total. The Kier molecular flexibility index (Phi) is 2.19. The van der Waals surface area contributed by atoms with Gasteiger partial charge < -0.3 is 11.5 Å². The fraction of sp³-hybridized carbons (Fsp3) is 0.500. The first-order valence-electron chi connectivity index (χ1n) is 6.21. The van der Waals surface area contributed by atoms with Gasteiger partial charge in [-0.1, -0.05) is 24.3 Å². The Morgan fingerprint density at radius 3 is 2.47 bits per heavy atom. The van der Waals surface area contributed by atoms with E-state index in [1.54, 1.807) is 0 Å². The van der Waals surface area contributed by atoms with Gasteiger partial charge in [0.05, 0.1) is 5.66 Å². The molecular formula is C14H19N3. The SMILES string of the molecule is CC1=NCC2(CCC(N)(N)c3ccccc32)C1. The van der Waals surface area contributed by atoms with Gasteiger partial charge in [-0.05, 0) is 37.3 Å². The second-order valence-electron chi connectivity index (χ2n) is 5.59. The predicted octanol–water partition coefficient (Wildman–Crippen LogP) is 1.65. The van der Waals surface area contributed by atoms with Crippen LogP contribution in [0.25, 0.3) is 0 Å². The molecule has 0 fully saturated rings. The topological polar surface area (TPSA) is 64.4 Å². The summed E-state index contributed by atoms with van der Waals surface area (Å²) in [6.07, 6.45) is 2.94. The first-order valence-corrected chi connectivity index (χ1v) is 6.21. The molecule has 3 heteroatoms. The van der Waals surface area contributed by atoms with Gasteiger partial charge in [-0.25, -0.2) is 0 Å². The van der Waals surface area contributed by atoms with Crippen LogP contribution in [0.3, 0.4) is 0 Å². The maximum atomic E-state index is 6.22. The van der Waals surface area contributed by atoms with Crippen LogP contribution in [0.4, 0.5) is 0 Å². The summed E-state index contributed by atoms with van der Waals surface area (Å²) in [5, 5.41) is 0. The van der Waals surface area contributed by atoms with Crippen LogP contribution in [0.15, 0.2) is 29.3 Å². The number of nitrogens with zero attached hydrogens (tertiary/aromatic N) is 1. The second kappa shape index (κ2) is 3.40. The third-order valence-corrected chi connectivity index (χ3v) is 4.26. The first kappa shape index (κ1) is 10.9. The van der Waals surface area contributed by atoms with Crippen LogP contribution in [0.1, 0.15) is 37.3 Å². The monoisotopic (exact) mass is 229 g/mol. The Morgan fingerprint density at radius 2 is 1.82 bits per heavy atom. The Hall–Kier alpha value is -1.19. The summed E-state index contributed by atoms with van der Waals surface area (Å²) in [5.41, 5.74) is 15.6. The molecule has 0 amide bonds. The van der Waals surface area contributed by atoms with Crippen molar-refractivity contribution < 1.29 is 0 Å². The molecule has 0 saturated carbocycles. The highest BCUT2D eigenvalue weighted by molar-refractivity contribution is 5.85. The van der Waals surface area contributed by atoms with Crippen LogP contribution < -0.4 is 11.5 Å². The van der Waals surface area contributed by atoms with Gasteiger partial charge in [0, 0.05) is 17.7 Å². The van der Waals surface area contributed by atoms with Gasteiger partial charge in [-0.2, -0.15) is 0 Å². The smallest absolute Gasteiger partial charge is 0.0902 e. The second-order valence-corrected chi connectivity index (χ2v) is 5.59. The lowest BCUT2D eigenvalue weighted by Crippen LogP contribution is -2.52. The van der Waals surface area contributed by atoms with Gasteiger partial charge in [-0.3, -0.25) is 4.99 Å². The zero-order chi connectivity index (χ0) is 12.1. The van der Waals surface area contributed by atoms with Crippen LogP contribution in [0, 0.1) is 0 Å². The molecule has 1 aromatic rings. The normalized spacial score (nSPS) is 30.2. The van der Waals surface area contributed by atoms with E-state index in [1.165, 1.54) is 11.3 Å². The molecule has 1 aromatic carbocycles. The fourth-order valence-corrected chi connectivity index (χ4v) is 3.30. The first-order chi connectivity index (χ1) is 8.04. The molecule has 0 bridgehead atoms. The fourth-order valence-electron chi connectivity index (χ4n) is 3.30. The quantitative estimate of drug-likeness (QED) is 0.664. The molecule has 1 aliphatic carbocycles. The standard InChI is InChI=1S/C14H19N3/c1-10-8-13(9-17-10)6-7-14(15,16)12-5-3-2-4-11(12)13/h2-5H,6-9,15-16H2,1H3. The molecule has 4 N–H and O–H groups in total. The maximum absolute atomic E-state index is 6.22. The highest BCUT2D eigenvalue weighted by Gasteiger charge is 2.45. The molecule has 17 heavy (non-hydrogen) atoms. The minimum Gasteiger partial charge on any atom is -0.310 e. The summed E-state index contributed by atoms with van der Waals surface area (Å²) in [6, 6.07) is 8.35. The van der Waals surface area contributed by atoms with Crippen molar-refractivity contribution in [2.45, 2.75) is 37.3 Å². The van der Waals surface area contributed by atoms with Crippen molar-refractivity contribution in [2.75, 3.05) is 6.54 Å². The number of benzene rings is 1. The van der Waals surface area contributed by atoms with Gasteiger partial charge in [-0.15, -0.1) is 0 Å². The maximum Gasteiger partial charge on any atom is 0.0902 e. The number of hydrogen-bond acceptors (Lipinski definition) is 3. The number of rotatable bonds is 0. The largest absolute Gasteiger partial charge is 0.310 e. The molecule has 1 atom stereocenters. The predicted molar refractivity (Wildman–Crippen MR) is 70.0 cm³/mol. The molecule has 0 aromatic heterocycles. The van der Waals surface area contributed by atoms with Gasteiger partial charge >= 0.3 is 0 Å².